The highest BCUT2D eigenvalue weighted by atomic mass is 35.5. The zero-order valence-corrected chi connectivity index (χ0v) is 13.1. The van der Waals surface area contributed by atoms with Crippen LogP contribution in [0, 0.1) is 0 Å². The van der Waals surface area contributed by atoms with E-state index in [1.54, 1.807) is 18.2 Å². The van der Waals surface area contributed by atoms with Gasteiger partial charge in [0, 0.05) is 12.4 Å². The van der Waals surface area contributed by atoms with Crippen LogP contribution in [0.5, 0.6) is 0 Å². The first-order chi connectivity index (χ1) is 10.1. The van der Waals surface area contributed by atoms with E-state index in [-0.39, 0.29) is 0 Å². The van der Waals surface area contributed by atoms with Gasteiger partial charge in [0.15, 0.2) is 0 Å². The number of alkyl halides is 1. The number of fused-ring (bicyclic) bond motifs is 1. The van der Waals surface area contributed by atoms with Crippen LogP contribution >= 0.6 is 11.6 Å². The third-order valence-corrected chi connectivity index (χ3v) is 5.83. The Kier molecular flexibility index (Phi) is 3.91. The molecule has 1 heterocycles. The highest BCUT2D eigenvalue weighted by Gasteiger charge is 2.28. The average molecular weight is 322 g/mol. The lowest BCUT2D eigenvalue weighted by molar-refractivity contribution is 0.586. The van der Waals surface area contributed by atoms with Crippen LogP contribution in [0.25, 0.3) is 0 Å². The number of nitrogens with zero attached hydrogens (tertiary/aromatic N) is 1. The highest BCUT2D eigenvalue weighted by molar-refractivity contribution is 7.92. The van der Waals surface area contributed by atoms with Crippen molar-refractivity contribution in [1.82, 2.24) is 0 Å². The topological polar surface area (TPSA) is 37.4 Å². The predicted octanol–water partition coefficient (Wildman–Crippen LogP) is 3.57. The Bertz CT molecular complexity index is 758. The van der Waals surface area contributed by atoms with E-state index in [0.29, 0.717) is 17.3 Å². The average Bonchev–Trinajstić information content (AvgIpc) is 2.54. The van der Waals surface area contributed by atoms with Gasteiger partial charge in [-0.1, -0.05) is 30.3 Å². The van der Waals surface area contributed by atoms with E-state index < -0.39 is 10.0 Å². The Labute approximate surface area is 130 Å². The maximum atomic E-state index is 12.9. The van der Waals surface area contributed by atoms with E-state index in [2.05, 4.69) is 0 Å². The monoisotopic (exact) mass is 321 g/mol. The second kappa shape index (κ2) is 5.70. The third-order valence-electron chi connectivity index (χ3n) is 3.71. The van der Waals surface area contributed by atoms with Crippen molar-refractivity contribution in [2.75, 3.05) is 10.8 Å². The van der Waals surface area contributed by atoms with Gasteiger partial charge in [0.25, 0.3) is 10.0 Å². The normalized spacial score (nSPS) is 14.8. The molecule has 0 unspecified atom stereocenters. The molecule has 1 aliphatic heterocycles. The summed E-state index contributed by atoms with van der Waals surface area (Å²) in [4.78, 5) is 0.303. The second-order valence-electron chi connectivity index (χ2n) is 5.09. The van der Waals surface area contributed by atoms with Crippen LogP contribution in [0.1, 0.15) is 17.5 Å². The largest absolute Gasteiger partial charge is 0.266 e. The van der Waals surface area contributed by atoms with Crippen molar-refractivity contribution in [3.8, 4) is 0 Å². The quantitative estimate of drug-likeness (QED) is 0.810. The van der Waals surface area contributed by atoms with E-state index in [1.165, 1.54) is 4.31 Å². The summed E-state index contributed by atoms with van der Waals surface area (Å²) >= 11 is 5.81. The summed E-state index contributed by atoms with van der Waals surface area (Å²) in [5.74, 6) is 0.306. The maximum Gasteiger partial charge on any atom is 0.264 e. The van der Waals surface area contributed by atoms with Crippen molar-refractivity contribution >= 4 is 27.3 Å². The lowest BCUT2D eigenvalue weighted by Gasteiger charge is -2.30. The number of benzene rings is 2. The highest BCUT2D eigenvalue weighted by Crippen LogP contribution is 2.31. The SMILES string of the molecule is O=S(=O)(c1cccc(CCl)c1)N1CCCc2ccccc21. The van der Waals surface area contributed by atoms with Gasteiger partial charge in [-0.2, -0.15) is 0 Å². The number of para-hydroxylation sites is 1. The molecule has 0 N–H and O–H groups in total. The molecule has 0 aliphatic carbocycles. The fourth-order valence-corrected chi connectivity index (χ4v) is 4.44. The summed E-state index contributed by atoms with van der Waals surface area (Å²) in [7, 11) is -3.53. The molecule has 0 aromatic heterocycles. The number of hydrogen-bond acceptors (Lipinski definition) is 2. The van der Waals surface area contributed by atoms with Crippen LogP contribution in [-0.4, -0.2) is 15.0 Å². The van der Waals surface area contributed by atoms with Gasteiger partial charge in [0.05, 0.1) is 10.6 Å². The molecule has 2 aromatic carbocycles. The molecule has 2 aromatic rings. The standard InChI is InChI=1S/C16H16ClNO2S/c17-12-13-5-3-8-15(11-13)21(19,20)18-10-4-7-14-6-1-2-9-16(14)18/h1-3,5-6,8-9,11H,4,7,10,12H2. The molecule has 0 amide bonds. The summed E-state index contributed by atoms with van der Waals surface area (Å²) in [6.07, 6.45) is 1.76. The van der Waals surface area contributed by atoms with E-state index in [0.717, 1.165) is 29.7 Å². The summed E-state index contributed by atoms with van der Waals surface area (Å²) in [5.41, 5.74) is 2.68. The van der Waals surface area contributed by atoms with Crippen molar-refractivity contribution < 1.29 is 8.42 Å². The van der Waals surface area contributed by atoms with Gasteiger partial charge in [-0.3, -0.25) is 4.31 Å². The Morgan fingerprint density at radius 3 is 2.71 bits per heavy atom. The molecule has 0 atom stereocenters. The Balaban J connectivity index is 2.07. The van der Waals surface area contributed by atoms with E-state index >= 15 is 0 Å². The van der Waals surface area contributed by atoms with Gasteiger partial charge >= 0.3 is 0 Å². The summed E-state index contributed by atoms with van der Waals surface area (Å²) < 4.78 is 27.3. The van der Waals surface area contributed by atoms with Gasteiger partial charge in [-0.25, -0.2) is 8.42 Å². The molecule has 0 spiro atoms. The minimum absolute atomic E-state index is 0.303. The minimum atomic E-state index is -3.53. The van der Waals surface area contributed by atoms with Crippen molar-refractivity contribution in [3.63, 3.8) is 0 Å². The lowest BCUT2D eigenvalue weighted by atomic mass is 10.0. The number of aryl methyl sites for hydroxylation is 1. The van der Waals surface area contributed by atoms with Crippen molar-refractivity contribution in [2.45, 2.75) is 23.6 Å². The summed E-state index contributed by atoms with van der Waals surface area (Å²) in [6.45, 7) is 0.518. The van der Waals surface area contributed by atoms with E-state index in [1.807, 2.05) is 30.3 Å². The number of sulfonamides is 1. The third kappa shape index (κ3) is 2.65. The van der Waals surface area contributed by atoms with Crippen molar-refractivity contribution in [3.05, 3.63) is 59.7 Å². The molecule has 110 valence electrons. The molecule has 0 saturated carbocycles. The predicted molar refractivity (Wildman–Crippen MR) is 85.3 cm³/mol. The molecule has 0 saturated heterocycles. The number of anilines is 1. The first-order valence-corrected chi connectivity index (χ1v) is 8.86. The van der Waals surface area contributed by atoms with Gasteiger partial charge < -0.3 is 0 Å². The maximum absolute atomic E-state index is 12.9. The van der Waals surface area contributed by atoms with Crippen molar-refractivity contribution in [2.24, 2.45) is 0 Å². The zero-order valence-electron chi connectivity index (χ0n) is 11.5. The number of rotatable bonds is 3. The number of hydrogen-bond donors (Lipinski definition) is 0. The van der Waals surface area contributed by atoms with Gasteiger partial charge in [0.1, 0.15) is 0 Å². The van der Waals surface area contributed by atoms with Crippen LogP contribution in [0.4, 0.5) is 5.69 Å². The molecule has 3 rings (SSSR count). The first-order valence-electron chi connectivity index (χ1n) is 6.88. The fourth-order valence-electron chi connectivity index (χ4n) is 2.67. The first kappa shape index (κ1) is 14.4. The molecule has 21 heavy (non-hydrogen) atoms. The van der Waals surface area contributed by atoms with Crippen LogP contribution in [0.2, 0.25) is 0 Å². The van der Waals surface area contributed by atoms with Crippen LogP contribution < -0.4 is 4.31 Å². The van der Waals surface area contributed by atoms with Gasteiger partial charge in [-0.15, -0.1) is 11.6 Å². The van der Waals surface area contributed by atoms with E-state index in [9.17, 15) is 8.42 Å². The fraction of sp³-hybridized carbons (Fsp3) is 0.250. The molecular formula is C16H16ClNO2S. The lowest BCUT2D eigenvalue weighted by Crippen LogP contribution is -2.35. The molecule has 3 nitrogen and oxygen atoms in total. The van der Waals surface area contributed by atoms with Crippen LogP contribution in [0.3, 0.4) is 0 Å². The summed E-state index contributed by atoms with van der Waals surface area (Å²) in [5, 5.41) is 0. The van der Waals surface area contributed by atoms with Gasteiger partial charge in [0.2, 0.25) is 0 Å². The van der Waals surface area contributed by atoms with Crippen LogP contribution in [0.15, 0.2) is 53.4 Å². The molecular weight excluding hydrogens is 306 g/mol. The Morgan fingerprint density at radius 2 is 1.90 bits per heavy atom. The summed E-state index contributed by atoms with van der Waals surface area (Å²) in [6, 6.07) is 14.5. The Morgan fingerprint density at radius 1 is 1.10 bits per heavy atom. The van der Waals surface area contributed by atoms with Gasteiger partial charge in [-0.05, 0) is 42.2 Å². The second-order valence-corrected chi connectivity index (χ2v) is 7.22. The van der Waals surface area contributed by atoms with Crippen LogP contribution in [-0.2, 0) is 22.3 Å². The van der Waals surface area contributed by atoms with E-state index in [4.69, 9.17) is 11.6 Å². The molecule has 0 fully saturated rings. The molecule has 0 bridgehead atoms. The minimum Gasteiger partial charge on any atom is -0.266 e. The van der Waals surface area contributed by atoms with Crippen molar-refractivity contribution in [1.29, 1.82) is 0 Å². The molecule has 1 aliphatic rings. The zero-order chi connectivity index (χ0) is 14.9. The molecule has 5 heteroatoms. The number of halogens is 1. The smallest absolute Gasteiger partial charge is 0.264 e. The Hall–Kier alpha value is -1.52. The molecule has 0 radical (unpaired) electrons.